The summed E-state index contributed by atoms with van der Waals surface area (Å²) in [5, 5.41) is 120. The molecule has 3 saturated heterocycles. The zero-order chi connectivity index (χ0) is 31.0. The Morgan fingerprint density at radius 1 is 0.780 bits per heavy atom. The molecule has 0 bridgehead atoms. The molecule has 3 aliphatic rings. The number of hydroxylamine groups is 1. The zero-order valence-electron chi connectivity index (χ0n) is 21.6. The van der Waals surface area contributed by atoms with Crippen molar-refractivity contribution in [2.75, 3.05) is 19.8 Å². The Morgan fingerprint density at radius 3 is 1.88 bits per heavy atom. The van der Waals surface area contributed by atoms with E-state index in [2.05, 4.69) is 5.32 Å². The van der Waals surface area contributed by atoms with Crippen molar-refractivity contribution in [1.82, 2.24) is 10.8 Å². The Balaban J connectivity index is 2.10. The van der Waals surface area contributed by atoms with Gasteiger partial charge in [0.05, 0.1) is 19.8 Å². The fraction of sp³-hybridized carbons (Fsp3) is 0.905. The Kier molecular flexibility index (Phi) is 10.5. The number of carbonyl (C=O) groups is 2. The van der Waals surface area contributed by atoms with Crippen molar-refractivity contribution < 1.29 is 84.8 Å². The summed E-state index contributed by atoms with van der Waals surface area (Å²) in [6.07, 6.45) is -25.6. The molecule has 238 valence electrons. The number of hydrogen-bond donors (Lipinski definition) is 14. The maximum Gasteiger partial charge on any atom is 0.336 e. The van der Waals surface area contributed by atoms with Crippen LogP contribution in [-0.2, 0) is 23.8 Å². The van der Waals surface area contributed by atoms with Gasteiger partial charge in [0.2, 0.25) is 12.2 Å². The smallest absolute Gasteiger partial charge is 0.336 e. The van der Waals surface area contributed by atoms with Gasteiger partial charge in [-0.2, -0.15) is 0 Å². The van der Waals surface area contributed by atoms with Gasteiger partial charge in [-0.05, 0) is 0 Å². The largest absolute Gasteiger partial charge is 0.394 e. The molecule has 0 saturated carbocycles. The number of carbonyl (C=O) groups excluding carboxylic acids is 2. The quantitative estimate of drug-likeness (QED) is 0.114. The van der Waals surface area contributed by atoms with E-state index in [0.717, 1.165) is 6.92 Å². The Hall–Kier alpha value is -1.86. The third-order valence-corrected chi connectivity index (χ3v) is 7.62. The first-order valence-electron chi connectivity index (χ1n) is 12.4. The highest BCUT2D eigenvalue weighted by Gasteiger charge is 2.71. The maximum absolute atomic E-state index is 11.9. The molecule has 15 N–H and O–H groups in total. The Morgan fingerprint density at radius 2 is 1.37 bits per heavy atom. The van der Waals surface area contributed by atoms with Crippen LogP contribution in [0, 0.1) is 0 Å². The van der Waals surface area contributed by atoms with Crippen LogP contribution >= 0.6 is 0 Å². The van der Waals surface area contributed by atoms with Crippen molar-refractivity contribution in [3.05, 3.63) is 0 Å². The lowest BCUT2D eigenvalue weighted by molar-refractivity contribution is -0.388. The predicted octanol–water partition coefficient (Wildman–Crippen LogP) is -9.04. The number of urea groups is 1. The monoisotopic (exact) mass is 603 g/mol. The molecule has 3 fully saturated rings. The highest BCUT2D eigenvalue weighted by molar-refractivity contribution is 5.73. The van der Waals surface area contributed by atoms with Gasteiger partial charge < -0.3 is 81.4 Å². The van der Waals surface area contributed by atoms with Crippen LogP contribution in [0.4, 0.5) is 4.79 Å². The van der Waals surface area contributed by atoms with Crippen molar-refractivity contribution in [3.8, 4) is 0 Å². The summed E-state index contributed by atoms with van der Waals surface area (Å²) in [6.45, 7) is -2.27. The number of aliphatic hydroxyl groups is 11. The van der Waals surface area contributed by atoms with Crippen molar-refractivity contribution in [1.29, 1.82) is 0 Å². The molecular formula is C21H37N3O17. The van der Waals surface area contributed by atoms with Gasteiger partial charge in [0.15, 0.2) is 5.60 Å². The molecule has 3 amide bonds. The normalized spacial score (nSPS) is 48.8. The molecule has 3 aliphatic heterocycles. The lowest BCUT2D eigenvalue weighted by Gasteiger charge is -2.59. The maximum atomic E-state index is 11.9. The molecule has 0 radical (unpaired) electrons. The van der Waals surface area contributed by atoms with Gasteiger partial charge >= 0.3 is 6.03 Å². The minimum atomic E-state index is -3.19. The van der Waals surface area contributed by atoms with Crippen molar-refractivity contribution >= 4 is 11.9 Å². The van der Waals surface area contributed by atoms with E-state index in [1.54, 1.807) is 5.48 Å². The van der Waals surface area contributed by atoms with Crippen molar-refractivity contribution in [2.45, 2.75) is 97.6 Å². The number of primary amides is 1. The third-order valence-electron chi connectivity index (χ3n) is 7.62. The zero-order valence-corrected chi connectivity index (χ0v) is 21.6. The van der Waals surface area contributed by atoms with Gasteiger partial charge in [0.1, 0.15) is 78.8 Å². The van der Waals surface area contributed by atoms with E-state index in [1.165, 1.54) is 0 Å². The van der Waals surface area contributed by atoms with Crippen LogP contribution in [0.15, 0.2) is 0 Å². The van der Waals surface area contributed by atoms with Gasteiger partial charge in [0, 0.05) is 6.92 Å². The predicted molar refractivity (Wildman–Crippen MR) is 125 cm³/mol. The highest BCUT2D eigenvalue weighted by Crippen LogP contribution is 2.45. The summed E-state index contributed by atoms with van der Waals surface area (Å²) in [7, 11) is 0. The first-order valence-corrected chi connectivity index (χ1v) is 12.4. The van der Waals surface area contributed by atoms with Crippen LogP contribution in [0.25, 0.3) is 0 Å². The summed E-state index contributed by atoms with van der Waals surface area (Å²) in [6, 6.07) is -3.04. The number of nitrogens with one attached hydrogen (secondary N) is 2. The summed E-state index contributed by atoms with van der Waals surface area (Å²) in [5.74, 6) is -0.832. The Labute approximate surface area is 231 Å². The minimum absolute atomic E-state index is 0.832. The minimum Gasteiger partial charge on any atom is -0.394 e. The third kappa shape index (κ3) is 5.74. The number of amides is 3. The molecule has 41 heavy (non-hydrogen) atoms. The molecule has 3 heterocycles. The van der Waals surface area contributed by atoms with Crippen LogP contribution in [0.3, 0.4) is 0 Å². The standard InChI is InChI=1S/C21H37N3O17/c1-5(28)23-9-14(33)20(36,8(4-27)40-18(9)41-24-19(22)35)17-15(34)21(37,13(32)7(3-26)39-17)16-12(31)11(30)10(29)6(2-25)38-16/h6-18,25-27,29-34,36-37H,2-4H2,1H3,(H,23,28)(H3,22,24,35)/t6-,7-,8-,9+,10+,11+,12-,13+,14-,15+,16-,17-,18-,20-,21+/m1/s1. The molecule has 0 aromatic heterocycles. The SMILES string of the molecule is CC(=O)N[C@@H]1[C@@H](ONC(N)=O)O[C@H](CO)[C@](O)([C@@H]2O[C@H](CO)[C@H](O)[C@@](O)([C@@H]3O[C@H](CO)[C@H](O)[C@H](O)[C@H]3O)[C@H]2O)[C@@H]1O. The van der Waals surface area contributed by atoms with E-state index in [1.807, 2.05) is 0 Å². The van der Waals surface area contributed by atoms with Crippen LogP contribution < -0.4 is 16.5 Å². The Bertz CT molecular complexity index is 932. The molecule has 0 spiro atoms. The molecule has 20 heteroatoms. The molecule has 0 unspecified atom stereocenters. The van der Waals surface area contributed by atoms with E-state index in [9.17, 15) is 65.8 Å². The average Bonchev–Trinajstić information content (AvgIpc) is 2.92. The topological polar surface area (TPSA) is 344 Å². The number of hydrogen-bond acceptors (Lipinski definition) is 17. The van der Waals surface area contributed by atoms with E-state index in [0.29, 0.717) is 0 Å². The fourth-order valence-electron chi connectivity index (χ4n) is 5.50. The summed E-state index contributed by atoms with van der Waals surface area (Å²) < 4.78 is 16.2. The molecule has 0 aromatic carbocycles. The molecule has 0 aliphatic carbocycles. The molecular weight excluding hydrogens is 566 g/mol. The molecule has 15 atom stereocenters. The van der Waals surface area contributed by atoms with Gasteiger partial charge in [0.25, 0.3) is 0 Å². The molecule has 0 aromatic rings. The van der Waals surface area contributed by atoms with Crippen LogP contribution in [-0.4, -0.2) is 179 Å². The first kappa shape index (κ1) is 33.6. The lowest BCUT2D eigenvalue weighted by atomic mass is 9.67. The summed E-state index contributed by atoms with van der Waals surface area (Å²) >= 11 is 0. The second kappa shape index (κ2) is 12.8. The highest BCUT2D eigenvalue weighted by atomic mass is 16.8. The second-order valence-corrected chi connectivity index (χ2v) is 10.1. The van der Waals surface area contributed by atoms with Gasteiger partial charge in [-0.1, -0.05) is 0 Å². The van der Waals surface area contributed by atoms with E-state index >= 15 is 0 Å². The lowest BCUT2D eigenvalue weighted by Crippen LogP contribution is -2.83. The number of ether oxygens (including phenoxy) is 3. The van der Waals surface area contributed by atoms with Crippen LogP contribution in [0.5, 0.6) is 0 Å². The fourth-order valence-corrected chi connectivity index (χ4v) is 5.50. The van der Waals surface area contributed by atoms with Gasteiger partial charge in [-0.25, -0.2) is 15.1 Å². The van der Waals surface area contributed by atoms with Crippen LogP contribution in [0.2, 0.25) is 0 Å². The van der Waals surface area contributed by atoms with E-state index in [-0.39, 0.29) is 0 Å². The average molecular weight is 604 g/mol. The van der Waals surface area contributed by atoms with Crippen molar-refractivity contribution in [2.24, 2.45) is 5.73 Å². The number of aliphatic hydroxyl groups excluding tert-OH is 9. The molecule has 3 rings (SSSR count). The molecule has 20 nitrogen and oxygen atoms in total. The van der Waals surface area contributed by atoms with Gasteiger partial charge in [-0.3, -0.25) is 4.79 Å². The van der Waals surface area contributed by atoms with E-state index < -0.39 is 122 Å². The number of nitrogens with two attached hydrogens (primary N) is 1. The first-order chi connectivity index (χ1) is 19.1. The summed E-state index contributed by atoms with van der Waals surface area (Å²) in [5.41, 5.74) is 0.401. The van der Waals surface area contributed by atoms with Crippen LogP contribution in [0.1, 0.15) is 6.92 Å². The summed E-state index contributed by atoms with van der Waals surface area (Å²) in [4.78, 5) is 27.9. The number of rotatable bonds is 8. The second-order valence-electron chi connectivity index (χ2n) is 10.1. The van der Waals surface area contributed by atoms with Gasteiger partial charge in [-0.15, -0.1) is 0 Å². The van der Waals surface area contributed by atoms with E-state index in [4.69, 9.17) is 24.8 Å². The van der Waals surface area contributed by atoms with Crippen molar-refractivity contribution in [3.63, 3.8) is 0 Å².